The molecular formula is C28H27ClFN7O2. The zero-order valence-corrected chi connectivity index (χ0v) is 22.0. The standard InChI is InChI=1S/C28H27ClFN7O2/c29-20-5-4-19(23(30)12-20)17-39-27-3-1-2-24(33-27)18-6-9-36(10-7-18)16-26-32-25-13-21(14-31)34-35-28(25)37(26)15-22-8-11-38-22/h1-5,12-13,18,22H,6-11,15-17H2. The van der Waals surface area contributed by atoms with E-state index in [1.54, 1.807) is 24.3 Å². The Morgan fingerprint density at radius 1 is 1.10 bits per heavy atom. The van der Waals surface area contributed by atoms with Gasteiger partial charge in [0.2, 0.25) is 5.88 Å². The molecule has 2 aliphatic rings. The highest BCUT2D eigenvalue weighted by molar-refractivity contribution is 6.30. The largest absolute Gasteiger partial charge is 0.473 e. The third kappa shape index (κ3) is 5.71. The summed E-state index contributed by atoms with van der Waals surface area (Å²) in [6, 6.07) is 14.0. The van der Waals surface area contributed by atoms with Crippen molar-refractivity contribution in [2.45, 2.75) is 51.0 Å². The molecule has 200 valence electrons. The van der Waals surface area contributed by atoms with Gasteiger partial charge in [-0.2, -0.15) is 5.26 Å². The van der Waals surface area contributed by atoms with Gasteiger partial charge >= 0.3 is 0 Å². The van der Waals surface area contributed by atoms with E-state index in [2.05, 4.69) is 19.7 Å². The molecule has 11 heteroatoms. The van der Waals surface area contributed by atoms with Gasteiger partial charge in [-0.05, 0) is 50.6 Å². The maximum Gasteiger partial charge on any atom is 0.213 e. The smallest absolute Gasteiger partial charge is 0.213 e. The Balaban J connectivity index is 1.10. The SMILES string of the molecule is N#Cc1cc2nc(CN3CCC(c4cccc(OCc5ccc(Cl)cc5F)n4)CC3)n(CC3CCO3)c2nn1. The molecule has 9 nitrogen and oxygen atoms in total. The van der Waals surface area contributed by atoms with Gasteiger partial charge in [0.15, 0.2) is 11.3 Å². The zero-order chi connectivity index (χ0) is 26.8. The van der Waals surface area contributed by atoms with Gasteiger partial charge in [-0.15, -0.1) is 10.2 Å². The number of imidazole rings is 1. The van der Waals surface area contributed by atoms with Crippen LogP contribution in [0.5, 0.6) is 5.88 Å². The van der Waals surface area contributed by atoms with Gasteiger partial charge < -0.3 is 14.0 Å². The molecule has 0 spiro atoms. The van der Waals surface area contributed by atoms with Crippen molar-refractivity contribution >= 4 is 22.8 Å². The fraction of sp³-hybridized carbons (Fsp3) is 0.393. The molecule has 1 aromatic carbocycles. The van der Waals surface area contributed by atoms with Crippen molar-refractivity contribution in [3.63, 3.8) is 0 Å². The van der Waals surface area contributed by atoms with Crippen molar-refractivity contribution in [1.82, 2.24) is 29.6 Å². The fourth-order valence-electron chi connectivity index (χ4n) is 5.09. The molecule has 0 saturated carbocycles. The molecule has 1 unspecified atom stereocenters. The Kier molecular flexibility index (Phi) is 7.37. The lowest BCUT2D eigenvalue weighted by molar-refractivity contribution is -0.0593. The Hall–Kier alpha value is -3.65. The molecule has 0 N–H and O–H groups in total. The zero-order valence-electron chi connectivity index (χ0n) is 21.3. The maximum atomic E-state index is 14.1. The molecule has 2 saturated heterocycles. The topological polar surface area (TPSA) is 102 Å². The number of nitriles is 1. The molecule has 6 rings (SSSR count). The summed E-state index contributed by atoms with van der Waals surface area (Å²) in [6.07, 6.45) is 3.07. The van der Waals surface area contributed by atoms with E-state index in [0.29, 0.717) is 46.6 Å². The van der Waals surface area contributed by atoms with E-state index in [0.717, 1.165) is 50.5 Å². The quantitative estimate of drug-likeness (QED) is 0.314. The summed E-state index contributed by atoms with van der Waals surface area (Å²) < 4.78 is 27.6. The number of halogens is 2. The summed E-state index contributed by atoms with van der Waals surface area (Å²) in [6.45, 7) is 4.02. The van der Waals surface area contributed by atoms with Crippen LogP contribution in [0.25, 0.3) is 11.2 Å². The molecule has 0 radical (unpaired) electrons. The Bertz CT molecular complexity index is 1530. The van der Waals surface area contributed by atoms with Crippen LogP contribution in [0.15, 0.2) is 42.5 Å². The van der Waals surface area contributed by atoms with Crippen LogP contribution in [-0.2, 0) is 24.4 Å². The number of likely N-dealkylation sites (tertiary alicyclic amines) is 1. The van der Waals surface area contributed by atoms with Gasteiger partial charge in [0.05, 0.1) is 19.2 Å². The van der Waals surface area contributed by atoms with Crippen LogP contribution < -0.4 is 4.74 Å². The average molecular weight is 548 g/mol. The Morgan fingerprint density at radius 2 is 1.95 bits per heavy atom. The minimum Gasteiger partial charge on any atom is -0.473 e. The van der Waals surface area contributed by atoms with Crippen LogP contribution in [0.2, 0.25) is 5.02 Å². The Labute approximate surface area is 230 Å². The number of pyridine rings is 1. The summed E-state index contributed by atoms with van der Waals surface area (Å²) in [4.78, 5) is 11.9. The number of fused-ring (bicyclic) bond motifs is 1. The predicted molar refractivity (Wildman–Crippen MR) is 142 cm³/mol. The maximum absolute atomic E-state index is 14.1. The van der Waals surface area contributed by atoms with Crippen molar-refractivity contribution in [2.75, 3.05) is 19.7 Å². The molecule has 39 heavy (non-hydrogen) atoms. The molecule has 0 aliphatic carbocycles. The number of aromatic nitrogens is 5. The molecule has 1 atom stereocenters. The third-order valence-corrected chi connectivity index (χ3v) is 7.61. The number of hydrogen-bond donors (Lipinski definition) is 0. The second-order valence-corrected chi connectivity index (χ2v) is 10.4. The number of ether oxygens (including phenoxy) is 2. The van der Waals surface area contributed by atoms with Gasteiger partial charge in [-0.25, -0.2) is 14.4 Å². The van der Waals surface area contributed by atoms with Crippen LogP contribution in [0.3, 0.4) is 0 Å². The first-order chi connectivity index (χ1) is 19.1. The minimum absolute atomic E-state index is 0.0883. The number of rotatable bonds is 8. The summed E-state index contributed by atoms with van der Waals surface area (Å²) >= 11 is 5.84. The van der Waals surface area contributed by atoms with Crippen molar-refractivity contribution in [1.29, 1.82) is 5.26 Å². The highest BCUT2D eigenvalue weighted by Crippen LogP contribution is 2.29. The van der Waals surface area contributed by atoms with E-state index in [1.807, 2.05) is 18.2 Å². The van der Waals surface area contributed by atoms with Crippen LogP contribution in [0.1, 0.15) is 48.0 Å². The van der Waals surface area contributed by atoms with Crippen LogP contribution in [0, 0.1) is 17.1 Å². The van der Waals surface area contributed by atoms with Crippen LogP contribution in [0.4, 0.5) is 4.39 Å². The first-order valence-corrected chi connectivity index (χ1v) is 13.4. The van der Waals surface area contributed by atoms with E-state index in [-0.39, 0.29) is 18.4 Å². The van der Waals surface area contributed by atoms with Gasteiger partial charge in [-0.1, -0.05) is 23.7 Å². The highest BCUT2D eigenvalue weighted by atomic mass is 35.5. The lowest BCUT2D eigenvalue weighted by Gasteiger charge is -2.32. The number of benzene rings is 1. The second-order valence-electron chi connectivity index (χ2n) is 9.95. The van der Waals surface area contributed by atoms with Crippen molar-refractivity contribution in [3.05, 3.63) is 76.1 Å². The molecule has 2 aliphatic heterocycles. The van der Waals surface area contributed by atoms with Crippen molar-refractivity contribution in [3.8, 4) is 11.9 Å². The van der Waals surface area contributed by atoms with Gasteiger partial charge in [0.1, 0.15) is 29.8 Å². The van der Waals surface area contributed by atoms with Crippen molar-refractivity contribution in [2.24, 2.45) is 0 Å². The number of piperidine rings is 1. The monoisotopic (exact) mass is 547 g/mol. The summed E-state index contributed by atoms with van der Waals surface area (Å²) in [5, 5.41) is 17.9. The molecule has 5 heterocycles. The predicted octanol–water partition coefficient (Wildman–Crippen LogP) is 4.63. The summed E-state index contributed by atoms with van der Waals surface area (Å²) in [5.74, 6) is 1.31. The van der Waals surface area contributed by atoms with Gasteiger partial charge in [0, 0.05) is 40.9 Å². The van der Waals surface area contributed by atoms with E-state index >= 15 is 0 Å². The highest BCUT2D eigenvalue weighted by Gasteiger charge is 2.26. The molecular weight excluding hydrogens is 521 g/mol. The molecule has 0 bridgehead atoms. The second kappa shape index (κ2) is 11.2. The number of hydrogen-bond acceptors (Lipinski definition) is 8. The Morgan fingerprint density at radius 3 is 2.69 bits per heavy atom. The van der Waals surface area contributed by atoms with Gasteiger partial charge in [0.25, 0.3) is 0 Å². The van der Waals surface area contributed by atoms with E-state index in [1.165, 1.54) is 6.07 Å². The van der Waals surface area contributed by atoms with E-state index in [9.17, 15) is 9.65 Å². The molecule has 2 fully saturated rings. The molecule has 0 amide bonds. The first kappa shape index (κ1) is 25.6. The molecule has 3 aromatic heterocycles. The van der Waals surface area contributed by atoms with E-state index in [4.69, 9.17) is 31.0 Å². The lowest BCUT2D eigenvalue weighted by atomic mass is 9.93. The number of nitrogens with zero attached hydrogens (tertiary/aromatic N) is 7. The average Bonchev–Trinajstić information content (AvgIpc) is 3.26. The molecule has 4 aromatic rings. The first-order valence-electron chi connectivity index (χ1n) is 13.1. The normalized spacial score (nSPS) is 18.1. The van der Waals surface area contributed by atoms with Crippen LogP contribution in [-0.4, -0.2) is 55.4 Å². The van der Waals surface area contributed by atoms with Crippen LogP contribution >= 0.6 is 11.6 Å². The van der Waals surface area contributed by atoms with Crippen molar-refractivity contribution < 1.29 is 13.9 Å². The summed E-state index contributed by atoms with van der Waals surface area (Å²) in [7, 11) is 0. The van der Waals surface area contributed by atoms with E-state index < -0.39 is 5.82 Å². The lowest BCUT2D eigenvalue weighted by Crippen LogP contribution is -2.35. The third-order valence-electron chi connectivity index (χ3n) is 7.37. The fourth-order valence-corrected chi connectivity index (χ4v) is 5.25. The minimum atomic E-state index is -0.391. The summed E-state index contributed by atoms with van der Waals surface area (Å²) in [5.41, 5.74) is 3.05. The van der Waals surface area contributed by atoms with Gasteiger partial charge in [-0.3, -0.25) is 4.90 Å².